The predicted octanol–water partition coefficient (Wildman–Crippen LogP) is 7.50. The van der Waals surface area contributed by atoms with Crippen molar-refractivity contribution in [1.29, 1.82) is 0 Å². The molecule has 0 aliphatic heterocycles. The van der Waals surface area contributed by atoms with E-state index in [0.717, 1.165) is 37.4 Å². The molecule has 0 aliphatic rings. The highest BCUT2D eigenvalue weighted by Gasteiger charge is 2.35. The lowest BCUT2D eigenvalue weighted by molar-refractivity contribution is -0.137. The average molecular weight is 459 g/mol. The lowest BCUT2D eigenvalue weighted by atomic mass is 10.1. The smallest absolute Gasteiger partial charge is 0.421 e. The van der Waals surface area contributed by atoms with Crippen LogP contribution in [0.25, 0.3) is 0 Å². The number of anilines is 4. The van der Waals surface area contributed by atoms with Crippen LogP contribution in [-0.2, 0) is 12.6 Å². The summed E-state index contributed by atoms with van der Waals surface area (Å²) in [4.78, 5) is 8.04. The molecule has 1 heterocycles. The Kier molecular flexibility index (Phi) is 8.14. The highest BCUT2D eigenvalue weighted by atomic mass is 19.4. The van der Waals surface area contributed by atoms with Crippen molar-refractivity contribution < 1.29 is 17.9 Å². The van der Waals surface area contributed by atoms with Gasteiger partial charge in [0.15, 0.2) is 0 Å². The summed E-state index contributed by atoms with van der Waals surface area (Å²) < 4.78 is 46.7. The van der Waals surface area contributed by atoms with E-state index in [0.29, 0.717) is 17.1 Å². The maximum atomic E-state index is 13.6. The first-order valence-electron chi connectivity index (χ1n) is 11.1. The summed E-state index contributed by atoms with van der Waals surface area (Å²) in [6.45, 7) is 6.09. The molecule has 0 amide bonds. The summed E-state index contributed by atoms with van der Waals surface area (Å²) in [6.07, 6.45) is -0.112. The van der Waals surface area contributed by atoms with E-state index in [4.69, 9.17) is 4.74 Å². The third-order valence-electron chi connectivity index (χ3n) is 5.19. The minimum atomic E-state index is -4.59. The highest BCUT2D eigenvalue weighted by Crippen LogP contribution is 2.36. The Morgan fingerprint density at radius 3 is 2.39 bits per heavy atom. The van der Waals surface area contributed by atoms with Gasteiger partial charge in [0.2, 0.25) is 5.95 Å². The fourth-order valence-electron chi connectivity index (χ4n) is 3.16. The second kappa shape index (κ2) is 11.0. The van der Waals surface area contributed by atoms with Crippen molar-refractivity contribution in [2.75, 3.05) is 10.6 Å². The van der Waals surface area contributed by atoms with Crippen LogP contribution < -0.4 is 15.4 Å². The Balaban J connectivity index is 1.85. The molecule has 176 valence electrons. The predicted molar refractivity (Wildman–Crippen MR) is 125 cm³/mol. The van der Waals surface area contributed by atoms with Gasteiger partial charge in [0.1, 0.15) is 17.1 Å². The van der Waals surface area contributed by atoms with Gasteiger partial charge in [-0.1, -0.05) is 38.5 Å². The number of hydrogen-bond donors (Lipinski definition) is 2. The molecule has 3 aromatic rings. The van der Waals surface area contributed by atoms with E-state index in [-0.39, 0.29) is 17.9 Å². The van der Waals surface area contributed by atoms with Crippen molar-refractivity contribution >= 4 is 23.1 Å². The molecular weight excluding hydrogens is 429 g/mol. The zero-order chi connectivity index (χ0) is 23.8. The lowest BCUT2D eigenvalue weighted by Gasteiger charge is -2.17. The number of nitrogens with zero attached hydrogens (tertiary/aromatic N) is 2. The summed E-state index contributed by atoms with van der Waals surface area (Å²) in [5, 5.41) is 5.86. The van der Waals surface area contributed by atoms with Crippen LogP contribution in [0, 0.1) is 0 Å². The van der Waals surface area contributed by atoms with Crippen LogP contribution in [0.15, 0.2) is 54.7 Å². The zero-order valence-corrected chi connectivity index (χ0v) is 19.0. The molecule has 33 heavy (non-hydrogen) atoms. The molecule has 0 aliphatic carbocycles. The van der Waals surface area contributed by atoms with Crippen LogP contribution in [0.5, 0.6) is 5.75 Å². The summed E-state index contributed by atoms with van der Waals surface area (Å²) in [5.41, 5.74) is 1.27. The zero-order valence-electron chi connectivity index (χ0n) is 19.0. The first kappa shape index (κ1) is 24.4. The van der Waals surface area contributed by atoms with Crippen molar-refractivity contribution in [3.05, 3.63) is 65.9 Å². The first-order chi connectivity index (χ1) is 15.8. The lowest BCUT2D eigenvalue weighted by Crippen LogP contribution is -2.13. The van der Waals surface area contributed by atoms with E-state index < -0.39 is 11.7 Å². The molecule has 1 atom stereocenters. The maximum Gasteiger partial charge on any atom is 0.421 e. The number of nitrogens with one attached hydrogen (secondary N) is 2. The highest BCUT2D eigenvalue weighted by molar-refractivity contribution is 5.65. The molecule has 0 spiro atoms. The Bertz CT molecular complexity index is 1040. The second-order valence-electron chi connectivity index (χ2n) is 7.83. The molecule has 5 nitrogen and oxygen atoms in total. The van der Waals surface area contributed by atoms with Gasteiger partial charge in [0.25, 0.3) is 0 Å². The number of para-hydroxylation sites is 1. The molecule has 2 N–H and O–H groups in total. The van der Waals surface area contributed by atoms with Gasteiger partial charge < -0.3 is 15.4 Å². The summed E-state index contributed by atoms with van der Waals surface area (Å²) >= 11 is 0. The third-order valence-corrected chi connectivity index (χ3v) is 5.19. The number of unbranched alkanes of at least 4 members (excludes halogenated alkanes) is 1. The number of aryl methyl sites for hydroxylation is 1. The number of alkyl halides is 3. The summed E-state index contributed by atoms with van der Waals surface area (Å²) in [7, 11) is 0. The van der Waals surface area contributed by atoms with E-state index in [1.165, 1.54) is 0 Å². The molecular formula is C25H29F3N4O. The topological polar surface area (TPSA) is 59.1 Å². The molecule has 0 radical (unpaired) electrons. The Labute approximate surface area is 192 Å². The van der Waals surface area contributed by atoms with E-state index in [2.05, 4.69) is 27.5 Å². The van der Waals surface area contributed by atoms with E-state index in [1.54, 1.807) is 36.4 Å². The van der Waals surface area contributed by atoms with Crippen molar-refractivity contribution in [2.45, 2.75) is 58.7 Å². The van der Waals surface area contributed by atoms with Crippen molar-refractivity contribution in [2.24, 2.45) is 0 Å². The molecule has 1 unspecified atom stereocenters. The Morgan fingerprint density at radius 2 is 1.73 bits per heavy atom. The number of hydrogen-bond acceptors (Lipinski definition) is 5. The molecule has 0 saturated heterocycles. The van der Waals surface area contributed by atoms with Gasteiger partial charge >= 0.3 is 6.18 Å². The van der Waals surface area contributed by atoms with E-state index in [1.807, 2.05) is 26.0 Å². The molecule has 0 fully saturated rings. The molecule has 0 saturated carbocycles. The van der Waals surface area contributed by atoms with E-state index in [9.17, 15) is 13.2 Å². The van der Waals surface area contributed by atoms with Crippen LogP contribution in [-0.4, -0.2) is 16.1 Å². The number of ether oxygens (including phenoxy) is 1. The largest absolute Gasteiger partial charge is 0.491 e. The van der Waals surface area contributed by atoms with Gasteiger partial charge in [0.05, 0.1) is 6.10 Å². The monoisotopic (exact) mass is 458 g/mol. The first-order valence-corrected chi connectivity index (χ1v) is 11.1. The number of rotatable bonds is 10. The minimum Gasteiger partial charge on any atom is -0.491 e. The van der Waals surface area contributed by atoms with Gasteiger partial charge in [-0.05, 0) is 62.1 Å². The van der Waals surface area contributed by atoms with Gasteiger partial charge in [0, 0.05) is 17.6 Å². The van der Waals surface area contributed by atoms with Crippen LogP contribution in [0.4, 0.5) is 36.3 Å². The quantitative estimate of drug-likeness (QED) is 0.329. The fourth-order valence-corrected chi connectivity index (χ4v) is 3.16. The molecule has 0 bridgehead atoms. The SMILES string of the molecule is CCCCc1ccccc1Nc1nc(Nc2ccc(OC(C)CC)cc2)ncc1C(F)(F)F. The Hall–Kier alpha value is -3.29. The number of benzene rings is 2. The standard InChI is InChI=1S/C25H29F3N4O/c1-4-6-9-18-10-7-8-11-22(18)31-23-21(25(26,27)28)16-29-24(32-23)30-19-12-14-20(15-13-19)33-17(3)5-2/h7-8,10-17H,4-6,9H2,1-3H3,(H2,29,30,31,32). The van der Waals surface area contributed by atoms with Gasteiger partial charge in [-0.2, -0.15) is 18.2 Å². The molecule has 8 heteroatoms. The van der Waals surface area contributed by atoms with Gasteiger partial charge in [-0.15, -0.1) is 0 Å². The summed E-state index contributed by atoms with van der Waals surface area (Å²) in [6, 6.07) is 14.5. The number of aromatic nitrogens is 2. The van der Waals surface area contributed by atoms with Crippen molar-refractivity contribution in [3.8, 4) is 5.75 Å². The minimum absolute atomic E-state index is 0.0622. The van der Waals surface area contributed by atoms with Crippen LogP contribution in [0.3, 0.4) is 0 Å². The number of halogens is 3. The van der Waals surface area contributed by atoms with Crippen molar-refractivity contribution in [3.63, 3.8) is 0 Å². The fraction of sp³-hybridized carbons (Fsp3) is 0.360. The van der Waals surface area contributed by atoms with Gasteiger partial charge in [-0.25, -0.2) is 4.98 Å². The Morgan fingerprint density at radius 1 is 1.00 bits per heavy atom. The third kappa shape index (κ3) is 6.84. The van der Waals surface area contributed by atoms with Crippen LogP contribution in [0.1, 0.15) is 51.2 Å². The molecule has 1 aromatic heterocycles. The van der Waals surface area contributed by atoms with Gasteiger partial charge in [-0.3, -0.25) is 0 Å². The molecule has 2 aromatic carbocycles. The summed E-state index contributed by atoms with van der Waals surface area (Å²) in [5.74, 6) is 0.488. The molecule has 3 rings (SSSR count). The average Bonchev–Trinajstić information content (AvgIpc) is 2.79. The maximum absolute atomic E-state index is 13.6. The second-order valence-corrected chi connectivity index (χ2v) is 7.83. The van der Waals surface area contributed by atoms with Crippen LogP contribution >= 0.6 is 0 Å². The van der Waals surface area contributed by atoms with Crippen LogP contribution in [0.2, 0.25) is 0 Å². The van der Waals surface area contributed by atoms with Crippen molar-refractivity contribution in [1.82, 2.24) is 9.97 Å². The normalized spacial score (nSPS) is 12.3. The van der Waals surface area contributed by atoms with E-state index >= 15 is 0 Å².